The van der Waals surface area contributed by atoms with Crippen LogP contribution in [-0.2, 0) is 9.53 Å². The molecule has 1 aromatic carbocycles. The summed E-state index contributed by atoms with van der Waals surface area (Å²) in [6.45, 7) is 1.23. The molecule has 0 aromatic heterocycles. The predicted octanol–water partition coefficient (Wildman–Crippen LogP) is 2.52. The first-order valence-electron chi connectivity index (χ1n) is 5.79. The van der Waals surface area contributed by atoms with Crippen molar-refractivity contribution in [3.05, 3.63) is 23.8 Å². The zero-order valence-electron chi connectivity index (χ0n) is 11.0. The molecule has 0 saturated heterocycles. The van der Waals surface area contributed by atoms with E-state index in [0.29, 0.717) is 11.4 Å². The molecule has 0 fully saturated rings. The summed E-state index contributed by atoms with van der Waals surface area (Å²) < 4.78 is 22.6. The number of aryl methyl sites for hydroxylation is 1. The maximum Gasteiger partial charge on any atom is 0.243 e. The summed E-state index contributed by atoms with van der Waals surface area (Å²) in [5.41, 5.74) is 1.38. The van der Waals surface area contributed by atoms with E-state index in [2.05, 4.69) is 0 Å². The van der Waals surface area contributed by atoms with Gasteiger partial charge in [-0.05, 0) is 18.6 Å². The van der Waals surface area contributed by atoms with Gasteiger partial charge in [-0.15, -0.1) is 11.6 Å². The Hall–Kier alpha value is -1.33. The predicted molar refractivity (Wildman–Crippen MR) is 72.7 cm³/mol. The van der Waals surface area contributed by atoms with Crippen molar-refractivity contribution in [3.8, 4) is 5.75 Å². The molecule has 106 valence electrons. The number of para-hydroxylation sites is 1. The number of benzene rings is 1. The number of amides is 1. The average Bonchev–Trinajstić information content (AvgIpc) is 2.42. The number of rotatable bonds is 7. The molecule has 0 aliphatic rings. The lowest BCUT2D eigenvalue weighted by atomic mass is 10.1. The van der Waals surface area contributed by atoms with Crippen LogP contribution in [0.5, 0.6) is 5.75 Å². The highest BCUT2D eigenvalue weighted by Gasteiger charge is 2.20. The van der Waals surface area contributed by atoms with Gasteiger partial charge in [0.1, 0.15) is 31.6 Å². The fraction of sp³-hybridized carbons (Fsp3) is 0.462. The molecule has 0 aliphatic carbocycles. The third-order valence-corrected chi connectivity index (χ3v) is 2.71. The normalized spacial score (nSPS) is 10.3. The highest BCUT2D eigenvalue weighted by molar-refractivity contribution is 6.29. The van der Waals surface area contributed by atoms with E-state index in [0.717, 1.165) is 5.56 Å². The molecule has 0 radical (unpaired) electrons. The Morgan fingerprint density at radius 2 is 2.21 bits per heavy atom. The van der Waals surface area contributed by atoms with Gasteiger partial charge >= 0.3 is 0 Å². The van der Waals surface area contributed by atoms with Crippen molar-refractivity contribution in [1.29, 1.82) is 0 Å². The van der Waals surface area contributed by atoms with Crippen LogP contribution in [0.3, 0.4) is 0 Å². The third-order valence-electron chi connectivity index (χ3n) is 2.48. The fourth-order valence-corrected chi connectivity index (χ4v) is 1.85. The Morgan fingerprint density at radius 1 is 1.47 bits per heavy atom. The molecule has 1 aromatic rings. The number of alkyl halides is 2. The van der Waals surface area contributed by atoms with Crippen LogP contribution in [-0.4, -0.2) is 38.9 Å². The minimum atomic E-state index is -0.596. The largest absolute Gasteiger partial charge is 0.489 e. The first kappa shape index (κ1) is 15.7. The maximum atomic E-state index is 12.2. The summed E-state index contributed by atoms with van der Waals surface area (Å²) in [5, 5.41) is 0. The highest BCUT2D eigenvalue weighted by atomic mass is 35.5. The third kappa shape index (κ3) is 4.08. The van der Waals surface area contributed by atoms with Crippen LogP contribution in [0, 0.1) is 6.92 Å². The van der Waals surface area contributed by atoms with Gasteiger partial charge in [0, 0.05) is 7.11 Å². The summed E-state index contributed by atoms with van der Waals surface area (Å²) in [7, 11) is 1.48. The number of methoxy groups -OCH3 is 1. The molecule has 0 saturated carbocycles. The van der Waals surface area contributed by atoms with Crippen LogP contribution in [0.25, 0.3) is 0 Å². The zero-order chi connectivity index (χ0) is 14.3. The zero-order valence-corrected chi connectivity index (χ0v) is 11.7. The molecule has 6 heteroatoms. The van der Waals surface area contributed by atoms with Crippen LogP contribution in [0.2, 0.25) is 0 Å². The van der Waals surface area contributed by atoms with Gasteiger partial charge in [0.05, 0.1) is 5.69 Å². The van der Waals surface area contributed by atoms with Crippen LogP contribution >= 0.6 is 11.6 Å². The van der Waals surface area contributed by atoms with E-state index in [9.17, 15) is 9.18 Å². The van der Waals surface area contributed by atoms with E-state index in [4.69, 9.17) is 21.1 Å². The lowest BCUT2D eigenvalue weighted by molar-refractivity contribution is -0.117. The van der Waals surface area contributed by atoms with Gasteiger partial charge < -0.3 is 9.47 Å². The van der Waals surface area contributed by atoms with Gasteiger partial charge in [0.2, 0.25) is 5.91 Å². The van der Waals surface area contributed by atoms with Gasteiger partial charge in [0.25, 0.3) is 0 Å². The summed E-state index contributed by atoms with van der Waals surface area (Å²) in [6.07, 6.45) is 0. The van der Waals surface area contributed by atoms with E-state index in [1.54, 1.807) is 12.1 Å². The Morgan fingerprint density at radius 3 is 2.79 bits per heavy atom. The van der Waals surface area contributed by atoms with Crippen molar-refractivity contribution in [2.24, 2.45) is 0 Å². The van der Waals surface area contributed by atoms with Crippen LogP contribution in [0.4, 0.5) is 10.1 Å². The van der Waals surface area contributed by atoms with Gasteiger partial charge in [-0.1, -0.05) is 12.1 Å². The Kier molecular flexibility index (Phi) is 6.59. The van der Waals surface area contributed by atoms with Crippen molar-refractivity contribution in [1.82, 2.24) is 0 Å². The van der Waals surface area contributed by atoms with E-state index < -0.39 is 6.67 Å². The van der Waals surface area contributed by atoms with Gasteiger partial charge in [-0.25, -0.2) is 4.39 Å². The van der Waals surface area contributed by atoms with E-state index in [1.807, 2.05) is 13.0 Å². The summed E-state index contributed by atoms with van der Waals surface area (Å²) in [5.74, 6) is -0.0312. The highest BCUT2D eigenvalue weighted by Crippen LogP contribution is 2.32. The molecule has 0 atom stereocenters. The number of carbonyl (C=O) groups excluding carboxylic acids is 1. The van der Waals surface area contributed by atoms with Crippen LogP contribution < -0.4 is 9.64 Å². The number of carbonyl (C=O) groups is 1. The molecule has 1 rings (SSSR count). The van der Waals surface area contributed by atoms with E-state index >= 15 is 0 Å². The molecule has 0 N–H and O–H groups in total. The number of hydrogen-bond acceptors (Lipinski definition) is 3. The second-order valence-electron chi connectivity index (χ2n) is 3.83. The standard InChI is InChI=1S/C13H17ClFNO3/c1-10-4-3-5-11(19-7-6-15)13(10)16(9-18-2)12(17)8-14/h3-5H,6-9H2,1-2H3. The Bertz CT molecular complexity index is 428. The molecule has 0 heterocycles. The average molecular weight is 290 g/mol. The van der Waals surface area contributed by atoms with E-state index in [1.165, 1.54) is 12.0 Å². The molecule has 19 heavy (non-hydrogen) atoms. The quantitative estimate of drug-likeness (QED) is 0.572. The smallest absolute Gasteiger partial charge is 0.243 e. The minimum Gasteiger partial charge on any atom is -0.489 e. The van der Waals surface area contributed by atoms with Gasteiger partial charge in [0.15, 0.2) is 0 Å². The molecule has 0 bridgehead atoms. The van der Waals surface area contributed by atoms with Crippen molar-refractivity contribution in [3.63, 3.8) is 0 Å². The van der Waals surface area contributed by atoms with Crippen molar-refractivity contribution >= 4 is 23.2 Å². The van der Waals surface area contributed by atoms with E-state index in [-0.39, 0.29) is 25.1 Å². The number of ether oxygens (including phenoxy) is 2. The second kappa shape index (κ2) is 7.96. The number of anilines is 1. The molecule has 0 aliphatic heterocycles. The summed E-state index contributed by atoms with van der Waals surface area (Å²) >= 11 is 5.59. The number of halogens is 2. The molecule has 0 unspecified atom stereocenters. The van der Waals surface area contributed by atoms with Crippen molar-refractivity contribution < 1.29 is 18.7 Å². The molecular formula is C13H17ClFNO3. The first-order chi connectivity index (χ1) is 9.15. The van der Waals surface area contributed by atoms with Gasteiger partial charge in [-0.3, -0.25) is 9.69 Å². The van der Waals surface area contributed by atoms with Crippen LogP contribution in [0.1, 0.15) is 5.56 Å². The van der Waals surface area contributed by atoms with Crippen LogP contribution in [0.15, 0.2) is 18.2 Å². The second-order valence-corrected chi connectivity index (χ2v) is 4.10. The maximum absolute atomic E-state index is 12.2. The molecular weight excluding hydrogens is 273 g/mol. The topological polar surface area (TPSA) is 38.8 Å². The van der Waals surface area contributed by atoms with Crippen molar-refractivity contribution in [2.75, 3.05) is 37.9 Å². The monoisotopic (exact) mass is 289 g/mol. The number of hydrogen-bond donors (Lipinski definition) is 0. The summed E-state index contributed by atoms with van der Waals surface area (Å²) in [6, 6.07) is 5.30. The lowest BCUT2D eigenvalue weighted by Crippen LogP contribution is -2.34. The SMILES string of the molecule is COCN(C(=O)CCl)c1c(C)cccc1OCCF. The minimum absolute atomic E-state index is 0.0579. The Balaban J connectivity index is 3.15. The lowest BCUT2D eigenvalue weighted by Gasteiger charge is -2.25. The van der Waals surface area contributed by atoms with Gasteiger partial charge in [-0.2, -0.15) is 0 Å². The summed E-state index contributed by atoms with van der Waals surface area (Å²) in [4.78, 5) is 13.2. The van der Waals surface area contributed by atoms with Crippen molar-refractivity contribution in [2.45, 2.75) is 6.92 Å². The fourth-order valence-electron chi connectivity index (χ4n) is 1.71. The first-order valence-corrected chi connectivity index (χ1v) is 6.32. The molecule has 0 spiro atoms. The molecule has 4 nitrogen and oxygen atoms in total. The number of nitrogens with zero attached hydrogens (tertiary/aromatic N) is 1. The Labute approximate surface area is 117 Å². The molecule has 1 amide bonds.